The van der Waals surface area contributed by atoms with E-state index in [1.54, 1.807) is 27.7 Å². The highest BCUT2D eigenvalue weighted by Crippen LogP contribution is 2.43. The Morgan fingerprint density at radius 3 is 2.47 bits per heavy atom. The fraction of sp³-hybridized carbons (Fsp3) is 0.917. The van der Waals surface area contributed by atoms with Gasteiger partial charge in [-0.3, -0.25) is 0 Å². The Bertz CT molecular complexity index is 441. The zero-order valence-corrected chi connectivity index (χ0v) is 12.8. The number of nitrogens with two attached hydrogens (primary N) is 1. The molecule has 2 atom stereocenters. The Morgan fingerprint density at radius 2 is 2.05 bits per heavy atom. The highest BCUT2D eigenvalue weighted by Gasteiger charge is 2.56. The summed E-state index contributed by atoms with van der Waals surface area (Å²) in [6, 6.07) is 0. The van der Waals surface area contributed by atoms with Crippen molar-refractivity contribution in [1.29, 1.82) is 0 Å². The van der Waals surface area contributed by atoms with Gasteiger partial charge >= 0.3 is 6.09 Å². The van der Waals surface area contributed by atoms with Crippen LogP contribution in [0.2, 0.25) is 0 Å². The number of carbonyl (C=O) groups excluding carboxylic acids is 1. The van der Waals surface area contributed by atoms with Crippen molar-refractivity contribution in [3.63, 3.8) is 0 Å². The van der Waals surface area contributed by atoms with Crippen LogP contribution in [0.25, 0.3) is 0 Å². The van der Waals surface area contributed by atoms with E-state index in [0.29, 0.717) is 6.42 Å². The van der Waals surface area contributed by atoms with E-state index in [1.807, 2.05) is 0 Å². The third-order valence-corrected chi connectivity index (χ3v) is 5.03. The second kappa shape index (κ2) is 5.28. The van der Waals surface area contributed by atoms with Crippen molar-refractivity contribution < 1.29 is 17.9 Å². The maximum absolute atomic E-state index is 11.7. The van der Waals surface area contributed by atoms with Gasteiger partial charge in [0.05, 0.1) is 11.3 Å². The molecular weight excluding hydrogens is 268 g/mol. The number of amides is 1. The molecule has 3 N–H and O–H groups in total. The molecule has 0 unspecified atom stereocenters. The zero-order chi connectivity index (χ0) is 14.9. The number of rotatable bonds is 5. The van der Waals surface area contributed by atoms with Crippen LogP contribution in [0.1, 0.15) is 34.1 Å². The summed E-state index contributed by atoms with van der Waals surface area (Å²) < 4.78 is 28.3. The quantitative estimate of drug-likeness (QED) is 0.775. The molecule has 0 aromatic carbocycles. The first kappa shape index (κ1) is 16.2. The van der Waals surface area contributed by atoms with Gasteiger partial charge < -0.3 is 15.8 Å². The number of ether oxygens (including phenoxy) is 1. The van der Waals surface area contributed by atoms with Crippen LogP contribution in [0, 0.1) is 5.92 Å². The predicted octanol–water partition coefficient (Wildman–Crippen LogP) is 0.663. The first-order valence-corrected chi connectivity index (χ1v) is 8.27. The van der Waals surface area contributed by atoms with Crippen molar-refractivity contribution in [3.05, 3.63) is 0 Å². The van der Waals surface area contributed by atoms with Crippen molar-refractivity contribution in [1.82, 2.24) is 5.32 Å². The van der Waals surface area contributed by atoms with E-state index in [-0.39, 0.29) is 24.0 Å². The summed E-state index contributed by atoms with van der Waals surface area (Å²) >= 11 is 0. The molecule has 1 amide bonds. The minimum absolute atomic E-state index is 0.0660. The van der Waals surface area contributed by atoms with Gasteiger partial charge in [0.25, 0.3) is 0 Å². The molecule has 1 saturated carbocycles. The maximum atomic E-state index is 11.7. The Morgan fingerprint density at radius 1 is 1.47 bits per heavy atom. The molecular formula is C12H24N2O4S. The summed E-state index contributed by atoms with van der Waals surface area (Å²) in [5, 5.41) is 2.72. The molecule has 0 heterocycles. The van der Waals surface area contributed by atoms with Gasteiger partial charge in [0.2, 0.25) is 0 Å². The van der Waals surface area contributed by atoms with Crippen molar-refractivity contribution in [2.45, 2.75) is 45.3 Å². The normalized spacial score (nSPS) is 26.9. The average Bonchev–Trinajstić information content (AvgIpc) is 2.88. The summed E-state index contributed by atoms with van der Waals surface area (Å²) in [7, 11) is -3.06. The van der Waals surface area contributed by atoms with Crippen molar-refractivity contribution >= 4 is 15.9 Å². The van der Waals surface area contributed by atoms with Crippen LogP contribution >= 0.6 is 0 Å². The lowest BCUT2D eigenvalue weighted by molar-refractivity contribution is 0.0494. The molecule has 7 heteroatoms. The summed E-state index contributed by atoms with van der Waals surface area (Å²) in [6.45, 7) is 7.15. The second-order valence-corrected chi connectivity index (χ2v) is 8.48. The van der Waals surface area contributed by atoms with E-state index in [0.717, 1.165) is 0 Å². The van der Waals surface area contributed by atoms with Crippen LogP contribution in [0.15, 0.2) is 0 Å². The first-order valence-electron chi connectivity index (χ1n) is 6.45. The number of carbonyl (C=O) groups is 1. The highest BCUT2D eigenvalue weighted by molar-refractivity contribution is 7.91. The van der Waals surface area contributed by atoms with Gasteiger partial charge in [0.15, 0.2) is 0 Å². The van der Waals surface area contributed by atoms with Crippen LogP contribution in [0.5, 0.6) is 0 Å². The molecule has 0 aromatic heterocycles. The van der Waals surface area contributed by atoms with Crippen LogP contribution in [-0.2, 0) is 14.6 Å². The number of hydrogen-bond acceptors (Lipinski definition) is 5. The molecule has 19 heavy (non-hydrogen) atoms. The van der Waals surface area contributed by atoms with Crippen molar-refractivity contribution in [3.8, 4) is 0 Å². The summed E-state index contributed by atoms with van der Waals surface area (Å²) in [5.74, 6) is 0.0579. The fourth-order valence-electron chi connectivity index (χ4n) is 1.98. The Hall–Kier alpha value is -0.820. The highest BCUT2D eigenvalue weighted by atomic mass is 32.2. The first-order chi connectivity index (χ1) is 8.53. The molecule has 0 radical (unpaired) electrons. The molecule has 1 aliphatic rings. The fourth-order valence-corrected chi connectivity index (χ4v) is 3.27. The lowest BCUT2D eigenvalue weighted by Gasteiger charge is -2.23. The van der Waals surface area contributed by atoms with E-state index >= 15 is 0 Å². The lowest BCUT2D eigenvalue weighted by atomic mass is 10.2. The number of nitrogens with one attached hydrogen (secondary N) is 1. The molecule has 112 valence electrons. The molecule has 6 nitrogen and oxygen atoms in total. The third-order valence-electron chi connectivity index (χ3n) is 3.24. The summed E-state index contributed by atoms with van der Waals surface area (Å²) in [5.41, 5.74) is 4.46. The van der Waals surface area contributed by atoms with Gasteiger partial charge in [0.1, 0.15) is 15.4 Å². The van der Waals surface area contributed by atoms with Gasteiger partial charge in [-0.1, -0.05) is 6.92 Å². The maximum Gasteiger partial charge on any atom is 0.408 e. The summed E-state index contributed by atoms with van der Waals surface area (Å²) in [6.07, 6.45) is 0.0384. The van der Waals surface area contributed by atoms with Gasteiger partial charge in [-0.25, -0.2) is 13.2 Å². The minimum atomic E-state index is -3.06. The van der Waals surface area contributed by atoms with Crippen LogP contribution in [0.3, 0.4) is 0 Å². The van der Waals surface area contributed by atoms with Crippen molar-refractivity contribution in [2.24, 2.45) is 11.7 Å². The zero-order valence-electron chi connectivity index (χ0n) is 12.0. The second-order valence-electron chi connectivity index (χ2n) is 6.09. The van der Waals surface area contributed by atoms with E-state index in [1.165, 1.54) is 0 Å². The molecule has 0 aromatic rings. The standard InChI is InChI=1S/C12H24N2O4S/c1-5-19(16,17)7-9-6-12(9,8-13)14-10(15)18-11(2,3)4/h9H,5-8,13H2,1-4H3,(H,14,15)/t9-,12+/m0/s1. The molecule has 1 rings (SSSR count). The monoisotopic (exact) mass is 292 g/mol. The topological polar surface area (TPSA) is 98.5 Å². The third kappa shape index (κ3) is 4.65. The Labute approximate surface area is 115 Å². The molecule has 0 spiro atoms. The number of sulfone groups is 1. The lowest BCUT2D eigenvalue weighted by Crippen LogP contribution is -2.47. The summed E-state index contributed by atoms with van der Waals surface area (Å²) in [4.78, 5) is 11.7. The van der Waals surface area contributed by atoms with E-state index in [4.69, 9.17) is 10.5 Å². The van der Waals surface area contributed by atoms with Crippen LogP contribution in [-0.4, -0.2) is 43.7 Å². The Kier molecular flexibility index (Phi) is 4.51. The SMILES string of the molecule is CCS(=O)(=O)C[C@@H]1C[C@]1(CN)NC(=O)OC(C)(C)C. The van der Waals surface area contributed by atoms with E-state index in [9.17, 15) is 13.2 Å². The molecule has 0 aliphatic heterocycles. The van der Waals surface area contributed by atoms with E-state index < -0.39 is 27.1 Å². The predicted molar refractivity (Wildman–Crippen MR) is 73.6 cm³/mol. The van der Waals surface area contributed by atoms with Gasteiger partial charge in [-0.15, -0.1) is 0 Å². The minimum Gasteiger partial charge on any atom is -0.444 e. The van der Waals surface area contributed by atoms with Crippen LogP contribution in [0.4, 0.5) is 4.79 Å². The van der Waals surface area contributed by atoms with Gasteiger partial charge in [-0.05, 0) is 33.1 Å². The molecule has 0 saturated heterocycles. The van der Waals surface area contributed by atoms with E-state index in [2.05, 4.69) is 5.32 Å². The van der Waals surface area contributed by atoms with Gasteiger partial charge in [0, 0.05) is 12.3 Å². The number of hydrogen-bond donors (Lipinski definition) is 2. The smallest absolute Gasteiger partial charge is 0.408 e. The van der Waals surface area contributed by atoms with Crippen molar-refractivity contribution in [2.75, 3.05) is 18.1 Å². The average molecular weight is 292 g/mol. The van der Waals surface area contributed by atoms with Crippen LogP contribution < -0.4 is 11.1 Å². The van der Waals surface area contributed by atoms with Gasteiger partial charge in [-0.2, -0.15) is 0 Å². The molecule has 1 fully saturated rings. The Balaban J connectivity index is 2.59. The number of alkyl carbamates (subject to hydrolysis) is 1. The largest absolute Gasteiger partial charge is 0.444 e. The molecule has 0 bridgehead atoms. The molecule has 1 aliphatic carbocycles.